The van der Waals surface area contributed by atoms with Crippen LogP contribution in [0.2, 0.25) is 0 Å². The van der Waals surface area contributed by atoms with Crippen molar-refractivity contribution in [3.05, 3.63) is 54.7 Å². The smallest absolute Gasteiger partial charge is 0.407 e. The van der Waals surface area contributed by atoms with Gasteiger partial charge >= 0.3 is 6.09 Å². The molecule has 19 heavy (non-hydrogen) atoms. The maximum absolute atomic E-state index is 11.2. The monoisotopic (exact) mass is 257 g/mol. The molecular formula is C14H15N3O2. The molecular weight excluding hydrogens is 242 g/mol. The molecule has 0 spiro atoms. The molecule has 0 radical (unpaired) electrons. The Morgan fingerprint density at radius 3 is 2.79 bits per heavy atom. The van der Waals surface area contributed by atoms with Gasteiger partial charge in [-0.15, -0.1) is 0 Å². The lowest BCUT2D eigenvalue weighted by Crippen LogP contribution is -2.23. The number of nitrogens with zero attached hydrogens (tertiary/aromatic N) is 1. The second-order valence-electron chi connectivity index (χ2n) is 3.91. The van der Waals surface area contributed by atoms with Crippen molar-refractivity contribution in [2.75, 3.05) is 6.61 Å². The maximum atomic E-state index is 11.2. The fourth-order valence-electron chi connectivity index (χ4n) is 1.58. The predicted molar refractivity (Wildman–Crippen MR) is 72.4 cm³/mol. The molecule has 0 saturated heterocycles. The summed E-state index contributed by atoms with van der Waals surface area (Å²) < 4.78 is 4.81. The van der Waals surface area contributed by atoms with Crippen LogP contribution in [0.1, 0.15) is 5.56 Å². The molecule has 1 heterocycles. The molecule has 1 amide bonds. The molecule has 2 aromatic rings. The summed E-state index contributed by atoms with van der Waals surface area (Å²) in [4.78, 5) is 11.2. The highest BCUT2D eigenvalue weighted by Gasteiger charge is 2.02. The van der Waals surface area contributed by atoms with Crippen LogP contribution in [0.5, 0.6) is 0 Å². The zero-order chi connectivity index (χ0) is 13.5. The lowest BCUT2D eigenvalue weighted by Gasteiger charge is -2.06. The van der Waals surface area contributed by atoms with Crippen molar-refractivity contribution in [2.24, 2.45) is 0 Å². The van der Waals surface area contributed by atoms with E-state index in [1.807, 2.05) is 30.3 Å². The normalized spacial score (nSPS) is 9.89. The molecule has 1 aromatic carbocycles. The third kappa shape index (κ3) is 3.70. The van der Waals surface area contributed by atoms with Crippen LogP contribution in [-0.4, -0.2) is 22.9 Å². The van der Waals surface area contributed by atoms with Crippen molar-refractivity contribution in [3.8, 4) is 11.3 Å². The van der Waals surface area contributed by atoms with E-state index >= 15 is 0 Å². The van der Waals surface area contributed by atoms with Gasteiger partial charge in [-0.25, -0.2) is 4.79 Å². The zero-order valence-electron chi connectivity index (χ0n) is 10.4. The number of hydrogen-bond acceptors (Lipinski definition) is 3. The van der Waals surface area contributed by atoms with Gasteiger partial charge in [0.1, 0.15) is 6.61 Å². The number of benzene rings is 1. The van der Waals surface area contributed by atoms with Crippen LogP contribution >= 0.6 is 0 Å². The highest BCUT2D eigenvalue weighted by atomic mass is 16.5. The average Bonchev–Trinajstić information content (AvgIpc) is 2.97. The van der Waals surface area contributed by atoms with Gasteiger partial charge in [0.2, 0.25) is 0 Å². The van der Waals surface area contributed by atoms with Crippen molar-refractivity contribution < 1.29 is 9.53 Å². The molecule has 0 unspecified atom stereocenters. The molecule has 1 aromatic heterocycles. The summed E-state index contributed by atoms with van der Waals surface area (Å²) >= 11 is 0. The SMILES string of the molecule is C=CCOC(=O)NCc1ccc(-c2ccn[nH]2)cc1. The molecule has 0 fully saturated rings. The Labute approximate surface area is 111 Å². The number of ether oxygens (including phenoxy) is 1. The number of alkyl carbamates (subject to hydrolysis) is 1. The minimum absolute atomic E-state index is 0.213. The summed E-state index contributed by atoms with van der Waals surface area (Å²) in [5.74, 6) is 0. The number of nitrogens with one attached hydrogen (secondary N) is 2. The van der Waals surface area contributed by atoms with E-state index in [0.717, 1.165) is 16.8 Å². The molecule has 0 atom stereocenters. The maximum Gasteiger partial charge on any atom is 0.407 e. The zero-order valence-corrected chi connectivity index (χ0v) is 10.4. The van der Waals surface area contributed by atoms with Crippen LogP contribution < -0.4 is 5.32 Å². The van der Waals surface area contributed by atoms with Crippen molar-refractivity contribution in [1.82, 2.24) is 15.5 Å². The van der Waals surface area contributed by atoms with E-state index in [4.69, 9.17) is 4.74 Å². The van der Waals surface area contributed by atoms with Gasteiger partial charge in [0.15, 0.2) is 0 Å². The fourth-order valence-corrected chi connectivity index (χ4v) is 1.58. The molecule has 5 nitrogen and oxygen atoms in total. The highest BCUT2D eigenvalue weighted by molar-refractivity contribution is 5.67. The molecule has 2 rings (SSSR count). The van der Waals surface area contributed by atoms with Crippen LogP contribution in [0, 0.1) is 0 Å². The summed E-state index contributed by atoms with van der Waals surface area (Å²) in [5, 5.41) is 9.46. The van der Waals surface area contributed by atoms with Crippen LogP contribution in [0.15, 0.2) is 49.2 Å². The van der Waals surface area contributed by atoms with E-state index in [0.29, 0.717) is 6.54 Å². The Bertz CT molecular complexity index is 532. The summed E-state index contributed by atoms with van der Waals surface area (Å²) in [6.07, 6.45) is 2.79. The van der Waals surface area contributed by atoms with E-state index in [9.17, 15) is 4.79 Å². The quantitative estimate of drug-likeness (QED) is 0.809. The predicted octanol–water partition coefficient (Wildman–Crippen LogP) is 2.49. The van der Waals surface area contributed by atoms with Crippen LogP contribution in [-0.2, 0) is 11.3 Å². The van der Waals surface area contributed by atoms with Gasteiger partial charge in [-0.1, -0.05) is 36.9 Å². The van der Waals surface area contributed by atoms with Crippen molar-refractivity contribution in [1.29, 1.82) is 0 Å². The molecule has 0 aliphatic rings. The van der Waals surface area contributed by atoms with E-state index in [-0.39, 0.29) is 6.61 Å². The van der Waals surface area contributed by atoms with Crippen LogP contribution in [0.25, 0.3) is 11.3 Å². The minimum Gasteiger partial charge on any atom is -0.445 e. The number of rotatable bonds is 5. The van der Waals surface area contributed by atoms with Crippen molar-refractivity contribution in [2.45, 2.75) is 6.54 Å². The number of hydrogen-bond donors (Lipinski definition) is 2. The minimum atomic E-state index is -0.447. The van der Waals surface area contributed by atoms with Gasteiger partial charge in [-0.3, -0.25) is 5.10 Å². The third-order valence-electron chi connectivity index (χ3n) is 2.53. The number of amides is 1. The number of aromatic nitrogens is 2. The van der Waals surface area contributed by atoms with E-state index in [2.05, 4.69) is 22.1 Å². The lowest BCUT2D eigenvalue weighted by molar-refractivity contribution is 0.158. The Morgan fingerprint density at radius 2 is 2.16 bits per heavy atom. The van der Waals surface area contributed by atoms with Crippen molar-refractivity contribution in [3.63, 3.8) is 0 Å². The number of carbonyl (C=O) groups excluding carboxylic acids is 1. The van der Waals surface area contributed by atoms with Crippen LogP contribution in [0.4, 0.5) is 4.79 Å². The van der Waals surface area contributed by atoms with Gasteiger partial charge in [-0.05, 0) is 17.2 Å². The average molecular weight is 257 g/mol. The molecule has 0 aliphatic heterocycles. The summed E-state index contributed by atoms with van der Waals surface area (Å²) in [6, 6.07) is 9.74. The Hall–Kier alpha value is -2.56. The second kappa shape index (κ2) is 6.39. The molecule has 2 N–H and O–H groups in total. The Balaban J connectivity index is 1.89. The summed E-state index contributed by atoms with van der Waals surface area (Å²) in [5.41, 5.74) is 3.01. The van der Waals surface area contributed by atoms with Gasteiger partial charge in [-0.2, -0.15) is 5.10 Å². The second-order valence-corrected chi connectivity index (χ2v) is 3.91. The van der Waals surface area contributed by atoms with E-state index < -0.39 is 6.09 Å². The lowest BCUT2D eigenvalue weighted by atomic mass is 10.1. The van der Waals surface area contributed by atoms with Gasteiger partial charge < -0.3 is 10.1 Å². The Kier molecular flexibility index (Phi) is 4.34. The first-order chi connectivity index (χ1) is 9.29. The molecule has 0 bridgehead atoms. The van der Waals surface area contributed by atoms with E-state index in [1.165, 1.54) is 6.08 Å². The first-order valence-corrected chi connectivity index (χ1v) is 5.90. The van der Waals surface area contributed by atoms with Gasteiger partial charge in [0.25, 0.3) is 0 Å². The van der Waals surface area contributed by atoms with Gasteiger partial charge in [0, 0.05) is 12.7 Å². The van der Waals surface area contributed by atoms with Crippen molar-refractivity contribution >= 4 is 6.09 Å². The summed E-state index contributed by atoms with van der Waals surface area (Å²) in [7, 11) is 0. The van der Waals surface area contributed by atoms with Crippen LogP contribution in [0.3, 0.4) is 0 Å². The molecule has 5 heteroatoms. The first kappa shape index (κ1) is 12.9. The molecule has 98 valence electrons. The third-order valence-corrected chi connectivity index (χ3v) is 2.53. The standard InChI is InChI=1S/C14H15N3O2/c1-2-9-19-14(18)15-10-11-3-5-12(6-4-11)13-7-8-16-17-13/h2-8H,1,9-10H2,(H,15,18)(H,16,17). The molecule has 0 saturated carbocycles. The van der Waals surface area contributed by atoms with Gasteiger partial charge in [0.05, 0.1) is 5.69 Å². The number of H-pyrrole nitrogens is 1. The number of aromatic amines is 1. The fraction of sp³-hybridized carbons (Fsp3) is 0.143. The summed E-state index contributed by atoms with van der Waals surface area (Å²) in [6.45, 7) is 4.11. The van der Waals surface area contributed by atoms with E-state index in [1.54, 1.807) is 6.20 Å². The first-order valence-electron chi connectivity index (χ1n) is 5.90. The molecule has 0 aliphatic carbocycles. The largest absolute Gasteiger partial charge is 0.445 e. The number of carbonyl (C=O) groups is 1. The topological polar surface area (TPSA) is 67.0 Å². The highest BCUT2D eigenvalue weighted by Crippen LogP contribution is 2.16. The Morgan fingerprint density at radius 1 is 1.37 bits per heavy atom.